The van der Waals surface area contributed by atoms with Crippen LogP contribution >= 0.6 is 0 Å². The molecule has 214 valence electrons. The largest absolute Gasteiger partial charge is 0.478 e. The first kappa shape index (κ1) is 28.4. The number of unbranched alkanes of at least 4 members (excludes halogenated alkanes) is 1. The standard InChI is InChI=1S/C34H40N4O3/c1-2-3-13-32-37-30-19-18-27(35-21-20-33(39)36-26-9-5-4-6-10-26)22-31(30)38(32)23-24-14-16-25(17-15-24)28-11-7-8-12-29(28)34(40)41/h7-8,11-12,14-19,22,26,35H,2-6,9-10,13,20-21,23H2,1H3,(H,36,39)(H,40,41). The molecule has 3 N–H and O–H groups in total. The minimum atomic E-state index is -0.926. The number of carboxylic acids is 1. The van der Waals surface area contributed by atoms with Crippen molar-refractivity contribution in [3.8, 4) is 11.1 Å². The van der Waals surface area contributed by atoms with E-state index < -0.39 is 5.97 Å². The highest BCUT2D eigenvalue weighted by Gasteiger charge is 2.16. The molecule has 7 nitrogen and oxygen atoms in total. The van der Waals surface area contributed by atoms with E-state index in [1.807, 2.05) is 30.3 Å². The summed E-state index contributed by atoms with van der Waals surface area (Å²) in [6, 6.07) is 21.8. The maximum atomic E-state index is 12.4. The monoisotopic (exact) mass is 552 g/mol. The number of hydrogen-bond acceptors (Lipinski definition) is 4. The van der Waals surface area contributed by atoms with Crippen molar-refractivity contribution in [2.75, 3.05) is 11.9 Å². The van der Waals surface area contributed by atoms with Gasteiger partial charge in [0.05, 0.1) is 16.6 Å². The van der Waals surface area contributed by atoms with Gasteiger partial charge < -0.3 is 20.3 Å². The normalized spacial score (nSPS) is 13.8. The van der Waals surface area contributed by atoms with Crippen molar-refractivity contribution in [2.24, 2.45) is 0 Å². The highest BCUT2D eigenvalue weighted by molar-refractivity contribution is 5.96. The van der Waals surface area contributed by atoms with Gasteiger partial charge in [-0.05, 0) is 60.2 Å². The van der Waals surface area contributed by atoms with Gasteiger partial charge in [0.15, 0.2) is 0 Å². The van der Waals surface area contributed by atoms with Gasteiger partial charge in [0.25, 0.3) is 0 Å². The molecule has 7 heteroatoms. The number of carboxylic acid groups (broad SMARTS) is 1. The second kappa shape index (κ2) is 13.5. The van der Waals surface area contributed by atoms with Crippen molar-refractivity contribution >= 4 is 28.6 Å². The molecule has 1 saturated carbocycles. The molecule has 3 aromatic carbocycles. The molecule has 5 rings (SSSR count). The number of aromatic carboxylic acids is 1. The third-order valence-electron chi connectivity index (χ3n) is 8.00. The molecule has 1 aliphatic carbocycles. The van der Waals surface area contributed by atoms with Crippen molar-refractivity contribution in [2.45, 2.75) is 77.3 Å². The Morgan fingerprint density at radius 3 is 2.54 bits per heavy atom. The number of imidazole rings is 1. The van der Waals surface area contributed by atoms with Gasteiger partial charge in [-0.1, -0.05) is 75.1 Å². The van der Waals surface area contributed by atoms with E-state index >= 15 is 0 Å². The Hall–Kier alpha value is -4.13. The molecule has 1 amide bonds. The van der Waals surface area contributed by atoms with E-state index in [9.17, 15) is 14.7 Å². The van der Waals surface area contributed by atoms with E-state index in [1.165, 1.54) is 19.3 Å². The summed E-state index contributed by atoms with van der Waals surface area (Å²) in [5.41, 5.74) is 6.02. The fourth-order valence-corrected chi connectivity index (χ4v) is 5.75. The number of carbonyl (C=O) groups is 2. The van der Waals surface area contributed by atoms with Crippen molar-refractivity contribution in [1.82, 2.24) is 14.9 Å². The molecule has 1 aliphatic rings. The van der Waals surface area contributed by atoms with Crippen LogP contribution in [0.3, 0.4) is 0 Å². The van der Waals surface area contributed by atoms with Crippen molar-refractivity contribution < 1.29 is 14.7 Å². The molecule has 0 unspecified atom stereocenters. The lowest BCUT2D eigenvalue weighted by Crippen LogP contribution is -2.36. The van der Waals surface area contributed by atoms with Gasteiger partial charge in [-0.25, -0.2) is 9.78 Å². The number of anilines is 1. The van der Waals surface area contributed by atoms with Crippen LogP contribution in [-0.2, 0) is 17.8 Å². The summed E-state index contributed by atoms with van der Waals surface area (Å²) in [6.07, 6.45) is 9.40. The Balaban J connectivity index is 1.31. The van der Waals surface area contributed by atoms with Gasteiger partial charge in [0.1, 0.15) is 5.82 Å². The summed E-state index contributed by atoms with van der Waals surface area (Å²) < 4.78 is 2.28. The maximum Gasteiger partial charge on any atom is 0.336 e. The molecule has 1 aromatic heterocycles. The number of benzene rings is 3. The van der Waals surface area contributed by atoms with Gasteiger partial charge in [0, 0.05) is 37.7 Å². The fourth-order valence-electron chi connectivity index (χ4n) is 5.75. The van der Waals surface area contributed by atoms with Crippen LogP contribution in [0.2, 0.25) is 0 Å². The molecule has 0 aliphatic heterocycles. The van der Waals surface area contributed by atoms with Crippen LogP contribution in [0.25, 0.3) is 22.2 Å². The van der Waals surface area contributed by atoms with Crippen molar-refractivity contribution in [1.29, 1.82) is 0 Å². The molecule has 0 bridgehead atoms. The summed E-state index contributed by atoms with van der Waals surface area (Å²) in [5, 5.41) is 16.2. The molecule has 4 aromatic rings. The third kappa shape index (κ3) is 7.15. The molecule has 0 atom stereocenters. The molecule has 0 radical (unpaired) electrons. The van der Waals surface area contributed by atoms with E-state index in [1.54, 1.807) is 12.1 Å². The van der Waals surface area contributed by atoms with E-state index in [0.29, 0.717) is 36.7 Å². The van der Waals surface area contributed by atoms with E-state index in [2.05, 4.69) is 46.4 Å². The first-order chi connectivity index (χ1) is 20.0. The lowest BCUT2D eigenvalue weighted by Gasteiger charge is -2.22. The Morgan fingerprint density at radius 2 is 1.78 bits per heavy atom. The van der Waals surface area contributed by atoms with Crippen LogP contribution in [0, 0.1) is 0 Å². The number of nitrogens with one attached hydrogen (secondary N) is 2. The Morgan fingerprint density at radius 1 is 1.00 bits per heavy atom. The predicted molar refractivity (Wildman–Crippen MR) is 164 cm³/mol. The van der Waals surface area contributed by atoms with Crippen LogP contribution in [0.4, 0.5) is 5.69 Å². The summed E-state index contributed by atoms with van der Waals surface area (Å²) in [7, 11) is 0. The predicted octanol–water partition coefficient (Wildman–Crippen LogP) is 7.04. The van der Waals surface area contributed by atoms with Crippen LogP contribution in [0.1, 0.15) is 80.0 Å². The first-order valence-electron chi connectivity index (χ1n) is 15.0. The number of rotatable bonds is 12. The minimum Gasteiger partial charge on any atom is -0.478 e. The molecule has 1 fully saturated rings. The van der Waals surface area contributed by atoms with Crippen LogP contribution in [0.15, 0.2) is 66.7 Å². The molecule has 41 heavy (non-hydrogen) atoms. The summed E-state index contributed by atoms with van der Waals surface area (Å²) in [5.74, 6) is 0.252. The summed E-state index contributed by atoms with van der Waals surface area (Å²) >= 11 is 0. The van der Waals surface area contributed by atoms with Crippen molar-refractivity contribution in [3.63, 3.8) is 0 Å². The Labute approximate surface area is 242 Å². The zero-order valence-electron chi connectivity index (χ0n) is 23.9. The second-order valence-corrected chi connectivity index (χ2v) is 11.0. The highest BCUT2D eigenvalue weighted by atomic mass is 16.4. The van der Waals surface area contributed by atoms with Gasteiger partial charge in [0.2, 0.25) is 5.91 Å². The highest BCUT2D eigenvalue weighted by Crippen LogP contribution is 2.27. The molecular weight excluding hydrogens is 512 g/mol. The fraction of sp³-hybridized carbons (Fsp3) is 0.382. The average Bonchev–Trinajstić information content (AvgIpc) is 3.33. The summed E-state index contributed by atoms with van der Waals surface area (Å²) in [6.45, 7) is 3.44. The number of hydrogen-bond donors (Lipinski definition) is 3. The van der Waals surface area contributed by atoms with Gasteiger partial charge in [-0.2, -0.15) is 0 Å². The number of nitrogens with zero attached hydrogens (tertiary/aromatic N) is 2. The number of aromatic nitrogens is 2. The number of amides is 1. The topological polar surface area (TPSA) is 96.3 Å². The van der Waals surface area contributed by atoms with E-state index in [4.69, 9.17) is 4.98 Å². The molecule has 0 spiro atoms. The Kier molecular flexibility index (Phi) is 9.34. The smallest absolute Gasteiger partial charge is 0.336 e. The summed E-state index contributed by atoms with van der Waals surface area (Å²) in [4.78, 5) is 29.1. The second-order valence-electron chi connectivity index (χ2n) is 11.0. The molecular formula is C34H40N4O3. The SMILES string of the molecule is CCCCc1nc2ccc(NCCC(=O)NC3CCCCC3)cc2n1Cc1ccc(-c2ccccc2C(=O)O)cc1. The van der Waals surface area contributed by atoms with Crippen LogP contribution < -0.4 is 10.6 Å². The van der Waals surface area contributed by atoms with Crippen LogP contribution in [0.5, 0.6) is 0 Å². The van der Waals surface area contributed by atoms with Crippen LogP contribution in [-0.4, -0.2) is 39.1 Å². The van der Waals surface area contributed by atoms with E-state index in [-0.39, 0.29) is 5.91 Å². The van der Waals surface area contributed by atoms with Gasteiger partial charge in [-0.3, -0.25) is 4.79 Å². The number of fused-ring (bicyclic) bond motifs is 1. The number of carbonyl (C=O) groups excluding carboxylic acids is 1. The lowest BCUT2D eigenvalue weighted by molar-refractivity contribution is -0.121. The van der Waals surface area contributed by atoms with E-state index in [0.717, 1.165) is 65.8 Å². The van der Waals surface area contributed by atoms with Gasteiger partial charge >= 0.3 is 5.97 Å². The van der Waals surface area contributed by atoms with Crippen molar-refractivity contribution in [3.05, 3.63) is 83.7 Å². The number of aryl methyl sites for hydroxylation is 1. The van der Waals surface area contributed by atoms with Gasteiger partial charge in [-0.15, -0.1) is 0 Å². The quantitative estimate of drug-likeness (QED) is 0.175. The molecule has 1 heterocycles. The third-order valence-corrected chi connectivity index (χ3v) is 8.00. The lowest BCUT2D eigenvalue weighted by atomic mass is 9.95. The Bertz CT molecular complexity index is 1490. The minimum absolute atomic E-state index is 0.117. The zero-order chi connectivity index (χ0) is 28.6. The molecule has 0 saturated heterocycles. The zero-order valence-corrected chi connectivity index (χ0v) is 23.9. The maximum absolute atomic E-state index is 12.4. The average molecular weight is 553 g/mol. The first-order valence-corrected chi connectivity index (χ1v) is 15.0.